The number of rotatable bonds is 3. The molecule has 2 nitrogen and oxygen atoms in total. The van der Waals surface area contributed by atoms with E-state index in [0.717, 1.165) is 11.3 Å². The van der Waals surface area contributed by atoms with Crippen molar-refractivity contribution in [1.82, 2.24) is 0 Å². The van der Waals surface area contributed by atoms with Crippen molar-refractivity contribution in [1.29, 1.82) is 0 Å². The van der Waals surface area contributed by atoms with Gasteiger partial charge in [0.05, 0.1) is 7.11 Å². The molecule has 0 fully saturated rings. The molecule has 0 bridgehead atoms. The Morgan fingerprint density at radius 1 is 1.15 bits per heavy atom. The van der Waals surface area contributed by atoms with Crippen LogP contribution in [-0.2, 0) is 6.42 Å². The van der Waals surface area contributed by atoms with Crippen LogP contribution in [0.25, 0.3) is 0 Å². The van der Waals surface area contributed by atoms with E-state index in [0.29, 0.717) is 6.42 Å². The third-order valence-electron chi connectivity index (χ3n) is 1.56. The van der Waals surface area contributed by atoms with E-state index in [1.165, 1.54) is 0 Å². The zero-order valence-electron chi connectivity index (χ0n) is 8.58. The molecule has 0 unspecified atom stereocenters. The molecule has 1 aromatic rings. The van der Waals surface area contributed by atoms with E-state index < -0.39 is 0 Å². The molecule has 1 rings (SSSR count). The van der Waals surface area contributed by atoms with E-state index in [-0.39, 0.29) is 6.61 Å². The predicted octanol–water partition coefficient (Wildman–Crippen LogP) is 2.26. The predicted molar refractivity (Wildman–Crippen MR) is 55.1 cm³/mol. The van der Waals surface area contributed by atoms with Crippen LogP contribution < -0.4 is 4.74 Å². The fourth-order valence-electron chi connectivity index (χ4n) is 0.921. The molecule has 74 valence electrons. The molecule has 0 aliphatic carbocycles. The van der Waals surface area contributed by atoms with Crippen LogP contribution in [0.5, 0.6) is 5.75 Å². The summed E-state index contributed by atoms with van der Waals surface area (Å²) >= 11 is 0. The molecule has 0 aromatic heterocycles. The number of aliphatic hydroxyl groups excluding tert-OH is 1. The molecule has 1 N–H and O–H groups in total. The van der Waals surface area contributed by atoms with Crippen LogP contribution in [0.15, 0.2) is 24.3 Å². The second kappa shape index (κ2) is 7.62. The Kier molecular flexibility index (Phi) is 7.02. The molecule has 13 heavy (non-hydrogen) atoms. The van der Waals surface area contributed by atoms with Gasteiger partial charge in [0.1, 0.15) is 5.75 Å². The minimum Gasteiger partial charge on any atom is -0.497 e. The lowest BCUT2D eigenvalue weighted by Gasteiger charge is -2.00. The Bertz CT molecular complexity index is 204. The van der Waals surface area contributed by atoms with Crippen molar-refractivity contribution >= 4 is 0 Å². The maximum Gasteiger partial charge on any atom is 0.118 e. The van der Waals surface area contributed by atoms with Gasteiger partial charge >= 0.3 is 0 Å². The molecular weight excluding hydrogens is 164 g/mol. The lowest BCUT2D eigenvalue weighted by atomic mass is 10.1. The van der Waals surface area contributed by atoms with Crippen LogP contribution in [0, 0.1) is 0 Å². The SMILES string of the molecule is CC.COc1ccc(CCO)cc1. The van der Waals surface area contributed by atoms with Crippen LogP contribution in [0.3, 0.4) is 0 Å². The molecule has 1 aromatic carbocycles. The van der Waals surface area contributed by atoms with Gasteiger partial charge in [-0.1, -0.05) is 26.0 Å². The maximum atomic E-state index is 8.61. The van der Waals surface area contributed by atoms with Gasteiger partial charge in [-0.05, 0) is 24.1 Å². The highest BCUT2D eigenvalue weighted by Crippen LogP contribution is 2.10. The van der Waals surface area contributed by atoms with E-state index >= 15 is 0 Å². The molecule has 2 heteroatoms. The number of benzene rings is 1. The van der Waals surface area contributed by atoms with Gasteiger partial charge in [-0.25, -0.2) is 0 Å². The third-order valence-corrected chi connectivity index (χ3v) is 1.56. The quantitative estimate of drug-likeness (QED) is 0.777. The lowest BCUT2D eigenvalue weighted by molar-refractivity contribution is 0.299. The standard InChI is InChI=1S/C9H12O2.C2H6/c1-11-9-4-2-8(3-5-9)6-7-10;1-2/h2-5,10H,6-7H2,1H3;1-2H3. The highest BCUT2D eigenvalue weighted by atomic mass is 16.5. The Labute approximate surface area is 80.2 Å². The van der Waals surface area contributed by atoms with Crippen LogP contribution >= 0.6 is 0 Å². The fourth-order valence-corrected chi connectivity index (χ4v) is 0.921. The van der Waals surface area contributed by atoms with Crippen LogP contribution in [-0.4, -0.2) is 18.8 Å². The summed E-state index contributed by atoms with van der Waals surface area (Å²) in [4.78, 5) is 0. The van der Waals surface area contributed by atoms with E-state index in [9.17, 15) is 0 Å². The van der Waals surface area contributed by atoms with Crippen LogP contribution in [0.4, 0.5) is 0 Å². The molecule has 0 radical (unpaired) electrons. The Balaban J connectivity index is 0.000000671. The van der Waals surface area contributed by atoms with Crippen molar-refractivity contribution in [2.45, 2.75) is 20.3 Å². The Hall–Kier alpha value is -1.02. The highest BCUT2D eigenvalue weighted by Gasteiger charge is 1.91. The van der Waals surface area contributed by atoms with Gasteiger partial charge in [-0.2, -0.15) is 0 Å². The topological polar surface area (TPSA) is 29.5 Å². The van der Waals surface area contributed by atoms with Crippen molar-refractivity contribution < 1.29 is 9.84 Å². The number of hydrogen-bond donors (Lipinski definition) is 1. The van der Waals surface area contributed by atoms with Crippen molar-refractivity contribution in [2.24, 2.45) is 0 Å². The number of hydrogen-bond acceptors (Lipinski definition) is 2. The first-order chi connectivity index (χ1) is 6.36. The molecule has 0 saturated heterocycles. The lowest BCUT2D eigenvalue weighted by Crippen LogP contribution is -1.90. The average Bonchev–Trinajstić information content (AvgIpc) is 2.23. The van der Waals surface area contributed by atoms with E-state index in [1.807, 2.05) is 38.1 Å². The van der Waals surface area contributed by atoms with Crippen LogP contribution in [0.1, 0.15) is 19.4 Å². The summed E-state index contributed by atoms with van der Waals surface area (Å²) in [5.74, 6) is 0.853. The van der Waals surface area contributed by atoms with Gasteiger partial charge in [0, 0.05) is 6.61 Å². The molecule has 0 atom stereocenters. The number of methoxy groups -OCH3 is 1. The Morgan fingerprint density at radius 3 is 2.08 bits per heavy atom. The summed E-state index contributed by atoms with van der Waals surface area (Å²) < 4.78 is 4.98. The fraction of sp³-hybridized carbons (Fsp3) is 0.455. The number of ether oxygens (including phenoxy) is 1. The zero-order chi connectivity index (χ0) is 10.1. The zero-order valence-corrected chi connectivity index (χ0v) is 8.58. The largest absolute Gasteiger partial charge is 0.497 e. The third kappa shape index (κ3) is 4.53. The monoisotopic (exact) mass is 182 g/mol. The molecular formula is C11H18O2. The van der Waals surface area contributed by atoms with Crippen molar-refractivity contribution in [3.8, 4) is 5.75 Å². The van der Waals surface area contributed by atoms with E-state index in [2.05, 4.69) is 0 Å². The molecule has 0 spiro atoms. The van der Waals surface area contributed by atoms with Gasteiger partial charge in [0.2, 0.25) is 0 Å². The summed E-state index contributed by atoms with van der Waals surface area (Å²) in [7, 11) is 1.64. The van der Waals surface area contributed by atoms with Crippen molar-refractivity contribution in [3.05, 3.63) is 29.8 Å². The van der Waals surface area contributed by atoms with Gasteiger partial charge in [0.15, 0.2) is 0 Å². The first-order valence-electron chi connectivity index (χ1n) is 4.60. The van der Waals surface area contributed by atoms with Gasteiger partial charge in [0.25, 0.3) is 0 Å². The smallest absolute Gasteiger partial charge is 0.118 e. The molecule has 0 heterocycles. The summed E-state index contributed by atoms with van der Waals surface area (Å²) in [5, 5.41) is 8.61. The molecule has 0 amide bonds. The second-order valence-corrected chi connectivity index (χ2v) is 2.32. The minimum atomic E-state index is 0.201. The average molecular weight is 182 g/mol. The summed E-state index contributed by atoms with van der Waals surface area (Å²) in [5.41, 5.74) is 1.13. The van der Waals surface area contributed by atoms with E-state index in [1.54, 1.807) is 7.11 Å². The number of aliphatic hydroxyl groups is 1. The van der Waals surface area contributed by atoms with Crippen molar-refractivity contribution in [3.63, 3.8) is 0 Å². The van der Waals surface area contributed by atoms with Crippen LogP contribution in [0.2, 0.25) is 0 Å². The summed E-state index contributed by atoms with van der Waals surface area (Å²) in [6.45, 7) is 4.20. The maximum absolute atomic E-state index is 8.61. The molecule has 0 aliphatic heterocycles. The van der Waals surface area contributed by atoms with Gasteiger partial charge in [-0.3, -0.25) is 0 Å². The first-order valence-corrected chi connectivity index (χ1v) is 4.60. The summed E-state index contributed by atoms with van der Waals surface area (Å²) in [6, 6.07) is 7.69. The molecule has 0 aliphatic rings. The van der Waals surface area contributed by atoms with Gasteiger partial charge < -0.3 is 9.84 Å². The first kappa shape index (κ1) is 12.0. The molecule has 0 saturated carbocycles. The highest BCUT2D eigenvalue weighted by molar-refractivity contribution is 5.27. The van der Waals surface area contributed by atoms with Gasteiger partial charge in [-0.15, -0.1) is 0 Å². The minimum absolute atomic E-state index is 0.201. The van der Waals surface area contributed by atoms with E-state index in [4.69, 9.17) is 9.84 Å². The normalized spacial score (nSPS) is 8.62. The Morgan fingerprint density at radius 2 is 1.69 bits per heavy atom. The second-order valence-electron chi connectivity index (χ2n) is 2.32. The summed E-state index contributed by atoms with van der Waals surface area (Å²) in [6.07, 6.45) is 0.712. The van der Waals surface area contributed by atoms with Crippen molar-refractivity contribution in [2.75, 3.05) is 13.7 Å².